The zero-order valence-electron chi connectivity index (χ0n) is 17.0. The molecule has 0 aliphatic heterocycles. The average molecular weight is 365 g/mol. The maximum absolute atomic E-state index is 9.55. The number of aliphatic hydroxyl groups excluding tert-OH is 1. The van der Waals surface area contributed by atoms with Gasteiger partial charge in [-0.25, -0.2) is 0 Å². The normalized spacial score (nSPS) is 26.3. The molecule has 1 aromatic carbocycles. The summed E-state index contributed by atoms with van der Waals surface area (Å²) in [5, 5.41) is 9.73. The maximum Gasteiger partial charge on any atom is 0.192 e. The molecule has 1 aliphatic rings. The summed E-state index contributed by atoms with van der Waals surface area (Å²) in [6.07, 6.45) is 1.01. The van der Waals surface area contributed by atoms with Gasteiger partial charge in [0.1, 0.15) is 0 Å². The van der Waals surface area contributed by atoms with Crippen molar-refractivity contribution in [2.75, 3.05) is 6.61 Å². The second kappa shape index (κ2) is 7.51. The van der Waals surface area contributed by atoms with Gasteiger partial charge in [-0.2, -0.15) is 0 Å². The largest absolute Gasteiger partial charge is 0.413 e. The smallest absolute Gasteiger partial charge is 0.192 e. The van der Waals surface area contributed by atoms with E-state index in [4.69, 9.17) is 9.16 Å². The van der Waals surface area contributed by atoms with Gasteiger partial charge in [0.05, 0.1) is 18.8 Å². The standard InChI is InChI=1S/C21H36O3Si/c1-20(2,3)25(6,7)24-19-17(13-14-22)18(21(19,4)5)23-15-16-11-9-8-10-12-16/h8-12,17-19,22H,13-15H2,1-7H3/t17-,18-,19-/m0/s1. The minimum absolute atomic E-state index is 0.0376. The van der Waals surface area contributed by atoms with Crippen molar-refractivity contribution >= 4 is 8.32 Å². The van der Waals surface area contributed by atoms with Crippen LogP contribution in [0.25, 0.3) is 0 Å². The molecule has 1 N–H and O–H groups in total. The maximum atomic E-state index is 9.55. The highest BCUT2D eigenvalue weighted by atomic mass is 28.4. The first-order valence-electron chi connectivity index (χ1n) is 9.45. The Morgan fingerprint density at radius 1 is 1.08 bits per heavy atom. The van der Waals surface area contributed by atoms with Crippen molar-refractivity contribution in [1.29, 1.82) is 0 Å². The van der Waals surface area contributed by atoms with Crippen molar-refractivity contribution < 1.29 is 14.3 Å². The highest BCUT2D eigenvalue weighted by molar-refractivity contribution is 6.74. The third-order valence-electron chi connectivity index (χ3n) is 6.21. The molecule has 1 fully saturated rings. The molecule has 3 atom stereocenters. The van der Waals surface area contributed by atoms with E-state index in [2.05, 4.69) is 59.8 Å². The minimum atomic E-state index is -1.85. The van der Waals surface area contributed by atoms with E-state index in [9.17, 15) is 5.11 Å². The van der Waals surface area contributed by atoms with Crippen LogP contribution in [0, 0.1) is 11.3 Å². The Morgan fingerprint density at radius 2 is 1.68 bits per heavy atom. The van der Waals surface area contributed by atoms with Crippen LogP contribution in [-0.4, -0.2) is 32.2 Å². The molecule has 0 amide bonds. The molecule has 3 nitrogen and oxygen atoms in total. The molecule has 0 unspecified atom stereocenters. The van der Waals surface area contributed by atoms with Crippen LogP contribution in [0.15, 0.2) is 30.3 Å². The Labute approximate surface area is 154 Å². The van der Waals surface area contributed by atoms with E-state index in [1.165, 1.54) is 5.56 Å². The number of rotatable bonds is 7. The summed E-state index contributed by atoms with van der Waals surface area (Å²) < 4.78 is 13.0. The Balaban J connectivity index is 2.09. The molecule has 0 heterocycles. The zero-order valence-corrected chi connectivity index (χ0v) is 18.0. The predicted octanol–water partition coefficient (Wildman–Crippen LogP) is 5.00. The Kier molecular flexibility index (Phi) is 6.20. The summed E-state index contributed by atoms with van der Waals surface area (Å²) in [4.78, 5) is 0. The summed E-state index contributed by atoms with van der Waals surface area (Å²) in [5.41, 5.74) is 1.15. The van der Waals surface area contributed by atoms with E-state index >= 15 is 0 Å². The van der Waals surface area contributed by atoms with Crippen LogP contribution in [0.2, 0.25) is 18.1 Å². The van der Waals surface area contributed by atoms with Gasteiger partial charge in [-0.15, -0.1) is 0 Å². The van der Waals surface area contributed by atoms with Crippen LogP contribution in [0.5, 0.6) is 0 Å². The van der Waals surface area contributed by atoms with Crippen LogP contribution in [-0.2, 0) is 15.8 Å². The molecule has 0 saturated heterocycles. The average Bonchev–Trinajstić information content (AvgIpc) is 2.52. The molecule has 0 bridgehead atoms. The lowest BCUT2D eigenvalue weighted by molar-refractivity contribution is -0.226. The van der Waals surface area contributed by atoms with Crippen LogP contribution in [0.1, 0.15) is 46.6 Å². The summed E-state index contributed by atoms with van der Waals surface area (Å²) >= 11 is 0. The van der Waals surface area contributed by atoms with Gasteiger partial charge in [0.2, 0.25) is 0 Å². The van der Waals surface area contributed by atoms with Crippen molar-refractivity contribution in [1.82, 2.24) is 0 Å². The molecular formula is C21H36O3Si. The molecule has 1 saturated carbocycles. The van der Waals surface area contributed by atoms with Crippen LogP contribution >= 0.6 is 0 Å². The Hall–Kier alpha value is -0.683. The second-order valence-corrected chi connectivity index (χ2v) is 14.3. The van der Waals surface area contributed by atoms with Gasteiger partial charge in [0.15, 0.2) is 8.32 Å². The first-order valence-corrected chi connectivity index (χ1v) is 12.4. The van der Waals surface area contributed by atoms with E-state index < -0.39 is 8.32 Å². The van der Waals surface area contributed by atoms with Gasteiger partial charge in [-0.3, -0.25) is 0 Å². The molecular weight excluding hydrogens is 328 g/mol. The third-order valence-corrected chi connectivity index (χ3v) is 10.7. The molecule has 0 spiro atoms. The van der Waals surface area contributed by atoms with Gasteiger partial charge in [-0.1, -0.05) is 65.0 Å². The summed E-state index contributed by atoms with van der Waals surface area (Å²) in [6, 6.07) is 10.3. The fraction of sp³-hybridized carbons (Fsp3) is 0.714. The molecule has 0 radical (unpaired) electrons. The zero-order chi connectivity index (χ0) is 18.9. The molecule has 2 rings (SSSR count). The number of benzene rings is 1. The first-order chi connectivity index (χ1) is 11.5. The Morgan fingerprint density at radius 3 is 2.20 bits per heavy atom. The van der Waals surface area contributed by atoms with Gasteiger partial charge in [-0.05, 0) is 30.1 Å². The number of hydrogen-bond donors (Lipinski definition) is 1. The molecule has 1 aliphatic carbocycles. The summed E-state index contributed by atoms with van der Waals surface area (Å²) in [5.74, 6) is 0.262. The minimum Gasteiger partial charge on any atom is -0.413 e. The van der Waals surface area contributed by atoms with Crippen LogP contribution in [0.4, 0.5) is 0 Å². The predicted molar refractivity (Wildman–Crippen MR) is 106 cm³/mol. The van der Waals surface area contributed by atoms with Crippen molar-refractivity contribution in [3.8, 4) is 0 Å². The van der Waals surface area contributed by atoms with E-state index in [1.807, 2.05) is 18.2 Å². The Bertz CT molecular complexity index is 548. The number of hydrogen-bond acceptors (Lipinski definition) is 3. The summed E-state index contributed by atoms with van der Waals surface area (Å²) in [7, 11) is -1.85. The van der Waals surface area contributed by atoms with E-state index in [-0.39, 0.29) is 35.2 Å². The van der Waals surface area contributed by atoms with Gasteiger partial charge in [0, 0.05) is 17.9 Å². The highest BCUT2D eigenvalue weighted by Gasteiger charge is 2.59. The number of ether oxygens (including phenoxy) is 1. The quantitative estimate of drug-likeness (QED) is 0.692. The molecule has 142 valence electrons. The molecule has 4 heteroatoms. The van der Waals surface area contributed by atoms with Gasteiger partial charge >= 0.3 is 0 Å². The van der Waals surface area contributed by atoms with Crippen molar-refractivity contribution in [3.05, 3.63) is 35.9 Å². The van der Waals surface area contributed by atoms with Crippen molar-refractivity contribution in [2.45, 2.75) is 78.0 Å². The monoisotopic (exact) mass is 364 g/mol. The number of aliphatic hydroxyl groups is 1. The van der Waals surface area contributed by atoms with Crippen molar-refractivity contribution in [3.63, 3.8) is 0 Å². The lowest BCUT2D eigenvalue weighted by Gasteiger charge is -2.60. The first kappa shape index (κ1) is 20.6. The summed E-state index contributed by atoms with van der Waals surface area (Å²) in [6.45, 7) is 16.7. The highest BCUT2D eigenvalue weighted by Crippen LogP contribution is 2.53. The fourth-order valence-electron chi connectivity index (χ4n) is 3.59. The lowest BCUT2D eigenvalue weighted by Crippen LogP contribution is -2.66. The molecule has 1 aromatic rings. The lowest BCUT2D eigenvalue weighted by atomic mass is 9.58. The SMILES string of the molecule is CC1(C)[C@@H](OCc2ccccc2)[C@H](CCO)[C@@H]1O[Si](C)(C)C(C)(C)C. The van der Waals surface area contributed by atoms with Crippen LogP contribution in [0.3, 0.4) is 0 Å². The van der Waals surface area contributed by atoms with Gasteiger partial charge in [0.25, 0.3) is 0 Å². The molecule has 0 aromatic heterocycles. The van der Waals surface area contributed by atoms with E-state index in [0.717, 1.165) is 6.42 Å². The third kappa shape index (κ3) is 4.36. The second-order valence-electron chi connectivity index (χ2n) is 9.51. The van der Waals surface area contributed by atoms with E-state index in [0.29, 0.717) is 6.61 Å². The van der Waals surface area contributed by atoms with Crippen LogP contribution < -0.4 is 0 Å². The topological polar surface area (TPSA) is 38.7 Å². The van der Waals surface area contributed by atoms with Gasteiger partial charge < -0.3 is 14.3 Å². The fourth-order valence-corrected chi connectivity index (χ4v) is 5.06. The van der Waals surface area contributed by atoms with E-state index in [1.54, 1.807) is 0 Å². The molecule has 25 heavy (non-hydrogen) atoms. The van der Waals surface area contributed by atoms with Crippen molar-refractivity contribution in [2.24, 2.45) is 11.3 Å².